The van der Waals surface area contributed by atoms with Crippen LogP contribution in [-0.4, -0.2) is 106 Å². The fourth-order valence-electron chi connectivity index (χ4n) is 8.03. The average Bonchev–Trinajstić information content (AvgIpc) is 3.35. The molecule has 6 aromatic rings. The van der Waals surface area contributed by atoms with E-state index in [1.807, 2.05) is 48.5 Å². The van der Waals surface area contributed by atoms with Crippen molar-refractivity contribution >= 4 is 52.0 Å². The number of hydrogen-bond donors (Lipinski definition) is 2. The largest absolute Gasteiger partial charge is 0.445 e. The van der Waals surface area contributed by atoms with Crippen molar-refractivity contribution in [2.45, 2.75) is 39.7 Å². The van der Waals surface area contributed by atoms with Gasteiger partial charge in [-0.15, -0.1) is 0 Å². The number of imide groups is 1. The van der Waals surface area contributed by atoms with Gasteiger partial charge in [-0.2, -0.15) is 5.10 Å². The molecule has 4 aromatic carbocycles. The molecule has 16 nitrogen and oxygen atoms in total. The number of nitrogens with one attached hydrogen (secondary N) is 2. The number of nitrogens with zero attached hydrogens (tertiary/aromatic N) is 5. The number of Topliss-reactive ketones (excluding diaryl/α,β-unsaturated/α-hetero) is 1. The van der Waals surface area contributed by atoms with Gasteiger partial charge in [-0.05, 0) is 53.8 Å². The quantitative estimate of drug-likeness (QED) is 0.0999. The molecule has 2 aromatic heterocycles. The molecule has 68 heavy (non-hydrogen) atoms. The number of carbonyl (C=O) groups is 6. The van der Waals surface area contributed by atoms with Gasteiger partial charge in [-0.3, -0.25) is 33.7 Å². The number of rotatable bonds is 17. The second-order valence-electron chi connectivity index (χ2n) is 16.2. The number of ether oxygens (including phenoxy) is 2. The lowest BCUT2D eigenvalue weighted by Gasteiger charge is -2.32. The van der Waals surface area contributed by atoms with E-state index in [4.69, 9.17) is 9.47 Å². The van der Waals surface area contributed by atoms with E-state index in [2.05, 4.69) is 20.5 Å². The van der Waals surface area contributed by atoms with Crippen LogP contribution in [0.3, 0.4) is 0 Å². The summed E-state index contributed by atoms with van der Waals surface area (Å²) >= 11 is 0. The van der Waals surface area contributed by atoms with Crippen LogP contribution >= 0.6 is 0 Å². The Labute approximate surface area is 391 Å². The first-order chi connectivity index (χ1) is 32.9. The zero-order valence-corrected chi connectivity index (χ0v) is 37.6. The number of aromatic amines is 1. The van der Waals surface area contributed by atoms with Gasteiger partial charge in [0.15, 0.2) is 11.5 Å². The highest BCUT2D eigenvalue weighted by molar-refractivity contribution is 6.16. The highest BCUT2D eigenvalue weighted by Crippen LogP contribution is 2.28. The molecule has 0 radical (unpaired) electrons. The van der Waals surface area contributed by atoms with Crippen LogP contribution in [0.4, 0.5) is 14.9 Å². The predicted molar refractivity (Wildman–Crippen MR) is 250 cm³/mol. The Balaban J connectivity index is 0.936. The van der Waals surface area contributed by atoms with E-state index in [9.17, 15) is 33.6 Å². The van der Waals surface area contributed by atoms with Crippen LogP contribution in [0.15, 0.2) is 120 Å². The number of H-pyrrole nitrogens is 1. The van der Waals surface area contributed by atoms with Crippen molar-refractivity contribution in [3.05, 3.63) is 160 Å². The molecule has 17 heteroatoms. The third-order valence-corrected chi connectivity index (χ3v) is 11.6. The SMILES string of the molecule is CC(=O)N(C(C)=O)c1cc(-c2ccccc2)cnc1C(=O)NCCOCCN(CC(=O)C1CCN(C(=O)c2cc(Cc3n[nH]c(=O)c4ccccc34)ccc2F)CC1)C(=O)OCc1ccccc1. The van der Waals surface area contributed by atoms with Crippen molar-refractivity contribution in [3.63, 3.8) is 0 Å². The van der Waals surface area contributed by atoms with Crippen molar-refractivity contribution in [1.29, 1.82) is 0 Å². The lowest BCUT2D eigenvalue weighted by atomic mass is 9.91. The van der Waals surface area contributed by atoms with Gasteiger partial charge in [0.1, 0.15) is 12.4 Å². The molecule has 1 aliphatic heterocycles. The normalized spacial score (nSPS) is 12.6. The highest BCUT2D eigenvalue weighted by Gasteiger charge is 2.31. The maximum absolute atomic E-state index is 15.2. The van der Waals surface area contributed by atoms with Crippen molar-refractivity contribution in [1.82, 2.24) is 30.3 Å². The summed E-state index contributed by atoms with van der Waals surface area (Å²) in [5.74, 6) is -3.74. The number of amides is 5. The highest BCUT2D eigenvalue weighted by atomic mass is 19.1. The topological polar surface area (TPSA) is 201 Å². The Hall–Kier alpha value is -7.92. The van der Waals surface area contributed by atoms with Crippen LogP contribution in [0.5, 0.6) is 0 Å². The first-order valence-corrected chi connectivity index (χ1v) is 22.1. The van der Waals surface area contributed by atoms with Crippen LogP contribution in [0.2, 0.25) is 0 Å². The molecule has 0 spiro atoms. The second-order valence-corrected chi connectivity index (χ2v) is 16.2. The number of likely N-dealkylation sites (tertiary alicyclic amines) is 1. The van der Waals surface area contributed by atoms with Gasteiger partial charge in [0.05, 0.1) is 42.1 Å². The third-order valence-electron chi connectivity index (χ3n) is 11.6. The summed E-state index contributed by atoms with van der Waals surface area (Å²) in [6.45, 7) is 2.47. The molecular formula is C51H50FN7O9. The van der Waals surface area contributed by atoms with Gasteiger partial charge < -0.3 is 19.7 Å². The summed E-state index contributed by atoms with van der Waals surface area (Å²) in [5.41, 5.74) is 2.78. The van der Waals surface area contributed by atoms with Crippen LogP contribution < -0.4 is 15.8 Å². The second kappa shape index (κ2) is 22.5. The summed E-state index contributed by atoms with van der Waals surface area (Å²) < 4.78 is 26.5. The minimum absolute atomic E-state index is 0.00404. The molecule has 0 aliphatic carbocycles. The molecule has 1 saturated heterocycles. The Bertz CT molecular complexity index is 2860. The number of ketones is 1. The minimum atomic E-state index is -0.731. The van der Waals surface area contributed by atoms with E-state index in [1.54, 1.807) is 48.5 Å². The number of pyridine rings is 1. The van der Waals surface area contributed by atoms with E-state index in [0.717, 1.165) is 16.0 Å². The fourth-order valence-corrected chi connectivity index (χ4v) is 8.03. The minimum Gasteiger partial charge on any atom is -0.445 e. The number of piperidine rings is 1. The maximum Gasteiger partial charge on any atom is 0.410 e. The fraction of sp³-hybridized carbons (Fsp3) is 0.275. The van der Waals surface area contributed by atoms with Gasteiger partial charge in [0, 0.05) is 69.5 Å². The summed E-state index contributed by atoms with van der Waals surface area (Å²) in [6, 6.07) is 31.1. The standard InChI is InChI=1S/C51H50FN7O9/c1-33(60)59(34(2)61)45-29-39(37-13-7-4-8-14-37)30-54-47(45)49(64)53-21-25-67-26-24-58(51(66)68-32-35-11-5-3-6-12-35)31-46(62)38-19-22-57(23-20-38)50(65)42-27-36(17-18-43(42)52)28-44-40-15-9-10-16-41(40)48(63)56-55-44/h3-18,27,29-30,38H,19-26,28,31-32H2,1-2H3,(H,53,64)(H,56,63). The van der Waals surface area contributed by atoms with E-state index in [0.29, 0.717) is 40.4 Å². The van der Waals surface area contributed by atoms with E-state index in [1.165, 1.54) is 42.0 Å². The summed E-state index contributed by atoms with van der Waals surface area (Å²) in [7, 11) is 0. The number of halogens is 1. The maximum atomic E-state index is 15.2. The van der Waals surface area contributed by atoms with Gasteiger partial charge in [0.25, 0.3) is 17.4 Å². The molecule has 3 heterocycles. The summed E-state index contributed by atoms with van der Waals surface area (Å²) in [4.78, 5) is 99.5. The molecule has 1 fully saturated rings. The first kappa shape index (κ1) is 48.0. The van der Waals surface area contributed by atoms with Crippen molar-refractivity contribution in [2.75, 3.05) is 50.8 Å². The zero-order chi connectivity index (χ0) is 48.2. The summed E-state index contributed by atoms with van der Waals surface area (Å²) in [5, 5.41) is 10.5. The molecule has 0 bridgehead atoms. The third kappa shape index (κ3) is 11.9. The smallest absolute Gasteiger partial charge is 0.410 e. The Morgan fingerprint density at radius 1 is 0.809 bits per heavy atom. The van der Waals surface area contributed by atoms with Crippen LogP contribution in [0.1, 0.15) is 64.4 Å². The number of fused-ring (bicyclic) bond motifs is 1. The van der Waals surface area contributed by atoms with Crippen LogP contribution in [0.25, 0.3) is 21.9 Å². The monoisotopic (exact) mass is 923 g/mol. The lowest BCUT2D eigenvalue weighted by Crippen LogP contribution is -2.44. The molecule has 7 rings (SSSR count). The van der Waals surface area contributed by atoms with Gasteiger partial charge in [0.2, 0.25) is 11.8 Å². The molecule has 1 aliphatic rings. The molecular weight excluding hydrogens is 874 g/mol. The van der Waals surface area contributed by atoms with Gasteiger partial charge in [-0.25, -0.2) is 24.2 Å². The number of hydrogen-bond acceptors (Lipinski definition) is 11. The summed E-state index contributed by atoms with van der Waals surface area (Å²) in [6.07, 6.45) is 1.59. The van der Waals surface area contributed by atoms with Crippen LogP contribution in [-0.2, 0) is 36.9 Å². The molecule has 350 valence electrons. The van der Waals surface area contributed by atoms with E-state index >= 15 is 4.39 Å². The van der Waals surface area contributed by atoms with Crippen LogP contribution in [0, 0.1) is 11.7 Å². The number of aromatic nitrogens is 3. The molecule has 5 amide bonds. The Morgan fingerprint density at radius 3 is 2.19 bits per heavy atom. The van der Waals surface area contributed by atoms with E-state index in [-0.39, 0.29) is 87.3 Å². The lowest BCUT2D eigenvalue weighted by molar-refractivity contribution is -0.125. The average molecular weight is 924 g/mol. The molecule has 0 atom stereocenters. The van der Waals surface area contributed by atoms with E-state index < -0.39 is 41.5 Å². The Kier molecular flexibility index (Phi) is 15.9. The zero-order valence-electron chi connectivity index (χ0n) is 37.6. The van der Waals surface area contributed by atoms with Crippen molar-refractivity contribution in [2.24, 2.45) is 5.92 Å². The van der Waals surface area contributed by atoms with Gasteiger partial charge >= 0.3 is 6.09 Å². The number of carbonyl (C=O) groups excluding carboxylic acids is 6. The van der Waals surface area contributed by atoms with Gasteiger partial charge in [-0.1, -0.05) is 84.9 Å². The molecule has 2 N–H and O–H groups in total. The number of anilines is 1. The first-order valence-electron chi connectivity index (χ1n) is 22.1. The van der Waals surface area contributed by atoms with Crippen molar-refractivity contribution in [3.8, 4) is 11.1 Å². The number of benzene rings is 4. The predicted octanol–water partition coefficient (Wildman–Crippen LogP) is 6.12. The molecule has 0 unspecified atom stereocenters. The molecule has 0 saturated carbocycles. The Morgan fingerprint density at radius 2 is 1.49 bits per heavy atom. The van der Waals surface area contributed by atoms with Crippen molar-refractivity contribution < 1.29 is 42.6 Å².